The zero-order valence-electron chi connectivity index (χ0n) is 11.5. The fourth-order valence-corrected chi connectivity index (χ4v) is 2.34. The summed E-state index contributed by atoms with van der Waals surface area (Å²) in [6.45, 7) is 3.86. The molecule has 1 aliphatic rings. The Bertz CT molecular complexity index is 428. The van der Waals surface area contributed by atoms with Gasteiger partial charge in [0.1, 0.15) is 5.75 Å². The summed E-state index contributed by atoms with van der Waals surface area (Å²) in [6, 6.07) is 7.64. The molecule has 0 unspecified atom stereocenters. The Morgan fingerprint density at radius 1 is 1.37 bits per heavy atom. The molecule has 2 rings (SSSR count). The van der Waals surface area contributed by atoms with Crippen molar-refractivity contribution in [2.75, 3.05) is 19.7 Å². The highest BCUT2D eigenvalue weighted by molar-refractivity contribution is 5.78. The van der Waals surface area contributed by atoms with Gasteiger partial charge in [0.2, 0.25) is 0 Å². The first-order valence-electron chi connectivity index (χ1n) is 6.97. The van der Waals surface area contributed by atoms with Crippen molar-refractivity contribution in [3.8, 4) is 5.75 Å². The first-order chi connectivity index (χ1) is 9.22. The monoisotopic (exact) mass is 262 g/mol. The van der Waals surface area contributed by atoms with Crippen molar-refractivity contribution < 1.29 is 9.53 Å². The molecule has 1 atom stereocenters. The number of ether oxygens (including phenoxy) is 1. The molecule has 1 heterocycles. The fraction of sp³-hybridized carbons (Fsp3) is 0.533. The lowest BCUT2D eigenvalue weighted by Gasteiger charge is -2.18. The van der Waals surface area contributed by atoms with Crippen molar-refractivity contribution in [3.63, 3.8) is 0 Å². The van der Waals surface area contributed by atoms with E-state index < -0.39 is 0 Å². The van der Waals surface area contributed by atoms with Gasteiger partial charge < -0.3 is 15.4 Å². The lowest BCUT2D eigenvalue weighted by Crippen LogP contribution is -2.32. The van der Waals surface area contributed by atoms with Crippen molar-refractivity contribution in [1.29, 1.82) is 0 Å². The van der Waals surface area contributed by atoms with Gasteiger partial charge in [0.15, 0.2) is 6.61 Å². The standard InChI is InChI=1S/C15H22N2O2/c1-2-13(16)12-7-3-4-8-14(12)19-11-15(18)17-9-5-6-10-17/h3-4,7-8,13H,2,5-6,9-11,16H2,1H3/t13-/m0/s1. The van der Waals surface area contributed by atoms with Crippen LogP contribution in [0.3, 0.4) is 0 Å². The van der Waals surface area contributed by atoms with E-state index in [1.54, 1.807) is 0 Å². The van der Waals surface area contributed by atoms with Crippen molar-refractivity contribution in [3.05, 3.63) is 29.8 Å². The van der Waals surface area contributed by atoms with E-state index in [9.17, 15) is 4.79 Å². The average molecular weight is 262 g/mol. The minimum Gasteiger partial charge on any atom is -0.483 e. The molecule has 1 aromatic rings. The zero-order chi connectivity index (χ0) is 13.7. The van der Waals surface area contributed by atoms with E-state index in [0.29, 0.717) is 0 Å². The number of nitrogens with zero attached hydrogens (tertiary/aromatic N) is 1. The number of nitrogens with two attached hydrogens (primary N) is 1. The lowest BCUT2D eigenvalue weighted by molar-refractivity contribution is -0.132. The molecular formula is C15H22N2O2. The number of likely N-dealkylation sites (tertiary alicyclic amines) is 1. The number of carbonyl (C=O) groups excluding carboxylic acids is 1. The third kappa shape index (κ3) is 3.47. The van der Waals surface area contributed by atoms with Crippen LogP contribution in [-0.4, -0.2) is 30.5 Å². The van der Waals surface area contributed by atoms with Gasteiger partial charge in [0.25, 0.3) is 5.91 Å². The maximum atomic E-state index is 11.9. The van der Waals surface area contributed by atoms with Crippen LogP contribution in [0.1, 0.15) is 37.8 Å². The minimum absolute atomic E-state index is 0.0434. The smallest absolute Gasteiger partial charge is 0.260 e. The molecule has 1 saturated heterocycles. The second-order valence-corrected chi connectivity index (χ2v) is 4.93. The summed E-state index contributed by atoms with van der Waals surface area (Å²) in [5.74, 6) is 0.793. The molecule has 1 aliphatic heterocycles. The Morgan fingerprint density at radius 3 is 2.74 bits per heavy atom. The summed E-state index contributed by atoms with van der Waals surface area (Å²) in [5, 5.41) is 0. The predicted molar refractivity (Wildman–Crippen MR) is 75.0 cm³/mol. The molecule has 4 nitrogen and oxygen atoms in total. The summed E-state index contributed by atoms with van der Waals surface area (Å²) in [7, 11) is 0. The van der Waals surface area contributed by atoms with Crippen molar-refractivity contribution in [2.45, 2.75) is 32.2 Å². The van der Waals surface area contributed by atoms with Gasteiger partial charge in [-0.3, -0.25) is 4.79 Å². The van der Waals surface area contributed by atoms with E-state index in [-0.39, 0.29) is 18.6 Å². The van der Waals surface area contributed by atoms with Gasteiger partial charge in [-0.15, -0.1) is 0 Å². The molecular weight excluding hydrogens is 240 g/mol. The Morgan fingerprint density at radius 2 is 2.05 bits per heavy atom. The zero-order valence-corrected chi connectivity index (χ0v) is 11.5. The van der Waals surface area contributed by atoms with Crippen LogP contribution in [0.2, 0.25) is 0 Å². The van der Waals surface area contributed by atoms with Gasteiger partial charge in [-0.2, -0.15) is 0 Å². The van der Waals surface area contributed by atoms with Crippen molar-refractivity contribution in [1.82, 2.24) is 4.90 Å². The van der Waals surface area contributed by atoms with Crippen LogP contribution < -0.4 is 10.5 Å². The minimum atomic E-state index is -0.0434. The third-order valence-corrected chi connectivity index (χ3v) is 3.57. The number of rotatable bonds is 5. The Balaban J connectivity index is 1.97. The molecule has 0 bridgehead atoms. The Kier molecular flexibility index (Phi) is 4.80. The van der Waals surface area contributed by atoms with E-state index >= 15 is 0 Å². The van der Waals surface area contributed by atoms with Gasteiger partial charge in [-0.1, -0.05) is 25.1 Å². The van der Waals surface area contributed by atoms with Gasteiger partial charge in [-0.05, 0) is 25.3 Å². The normalized spacial score (nSPS) is 16.4. The largest absolute Gasteiger partial charge is 0.483 e. The number of para-hydroxylation sites is 1. The molecule has 2 N–H and O–H groups in total. The lowest BCUT2D eigenvalue weighted by atomic mass is 10.0. The summed E-state index contributed by atoms with van der Waals surface area (Å²) in [6.07, 6.45) is 3.05. The summed E-state index contributed by atoms with van der Waals surface area (Å²) in [4.78, 5) is 13.8. The average Bonchev–Trinajstić information content (AvgIpc) is 2.98. The Hall–Kier alpha value is -1.55. The molecule has 0 aromatic heterocycles. The van der Waals surface area contributed by atoms with E-state index in [1.165, 1.54) is 0 Å². The molecule has 1 amide bonds. The highest BCUT2D eigenvalue weighted by Gasteiger charge is 2.19. The molecule has 0 aliphatic carbocycles. The summed E-state index contributed by atoms with van der Waals surface area (Å²) >= 11 is 0. The molecule has 0 saturated carbocycles. The van der Waals surface area contributed by atoms with Crippen molar-refractivity contribution in [2.24, 2.45) is 5.73 Å². The van der Waals surface area contributed by atoms with Crippen LogP contribution in [0, 0.1) is 0 Å². The summed E-state index contributed by atoms with van der Waals surface area (Å²) < 4.78 is 5.66. The van der Waals surface area contributed by atoms with Crippen LogP contribution in [0.15, 0.2) is 24.3 Å². The Labute approximate surface area is 114 Å². The highest BCUT2D eigenvalue weighted by Crippen LogP contribution is 2.25. The van der Waals surface area contributed by atoms with Gasteiger partial charge in [0.05, 0.1) is 0 Å². The second kappa shape index (κ2) is 6.57. The third-order valence-electron chi connectivity index (χ3n) is 3.57. The van der Waals surface area contributed by atoms with Crippen LogP contribution in [0.5, 0.6) is 5.75 Å². The number of hydrogen-bond donors (Lipinski definition) is 1. The fourth-order valence-electron chi connectivity index (χ4n) is 2.34. The molecule has 4 heteroatoms. The van der Waals surface area contributed by atoms with Crippen LogP contribution in [0.4, 0.5) is 0 Å². The molecule has 1 aromatic carbocycles. The second-order valence-electron chi connectivity index (χ2n) is 4.93. The maximum Gasteiger partial charge on any atom is 0.260 e. The van der Waals surface area contributed by atoms with Gasteiger partial charge in [0, 0.05) is 24.7 Å². The first kappa shape index (κ1) is 13.9. The predicted octanol–water partition coefficient (Wildman–Crippen LogP) is 2.10. The SMILES string of the molecule is CC[C@H](N)c1ccccc1OCC(=O)N1CCCC1. The molecule has 0 spiro atoms. The molecule has 1 fully saturated rings. The van der Waals surface area contributed by atoms with Crippen LogP contribution >= 0.6 is 0 Å². The highest BCUT2D eigenvalue weighted by atomic mass is 16.5. The van der Waals surface area contributed by atoms with E-state index in [1.807, 2.05) is 36.1 Å². The number of amides is 1. The number of carbonyl (C=O) groups is 1. The van der Waals surface area contributed by atoms with Crippen LogP contribution in [0.25, 0.3) is 0 Å². The van der Waals surface area contributed by atoms with Crippen molar-refractivity contribution >= 4 is 5.91 Å². The summed E-state index contributed by atoms with van der Waals surface area (Å²) in [5.41, 5.74) is 7.02. The van der Waals surface area contributed by atoms with Gasteiger partial charge >= 0.3 is 0 Å². The quantitative estimate of drug-likeness (QED) is 0.884. The first-order valence-corrected chi connectivity index (χ1v) is 6.97. The van der Waals surface area contributed by atoms with Gasteiger partial charge in [-0.25, -0.2) is 0 Å². The number of hydrogen-bond acceptors (Lipinski definition) is 3. The molecule has 0 radical (unpaired) electrons. The maximum absolute atomic E-state index is 11.9. The van der Waals surface area contributed by atoms with Crippen LogP contribution in [-0.2, 0) is 4.79 Å². The van der Waals surface area contributed by atoms with E-state index in [4.69, 9.17) is 10.5 Å². The molecule has 104 valence electrons. The van der Waals surface area contributed by atoms with E-state index in [2.05, 4.69) is 0 Å². The number of benzene rings is 1. The topological polar surface area (TPSA) is 55.6 Å². The van der Waals surface area contributed by atoms with E-state index in [0.717, 1.165) is 43.7 Å². The molecule has 19 heavy (non-hydrogen) atoms.